The van der Waals surface area contributed by atoms with Crippen LogP contribution >= 0.6 is 0 Å². The summed E-state index contributed by atoms with van der Waals surface area (Å²) in [5.41, 5.74) is 0.618. The largest absolute Gasteiger partial charge is 0.323 e. The van der Waals surface area contributed by atoms with Crippen LogP contribution in [0.1, 0.15) is 5.56 Å². The first-order valence-corrected chi connectivity index (χ1v) is 4.56. The summed E-state index contributed by atoms with van der Waals surface area (Å²) in [4.78, 5) is 24.9. The molecule has 0 saturated heterocycles. The molecule has 0 aliphatic rings. The van der Waals surface area contributed by atoms with E-state index in [1.165, 1.54) is 17.0 Å². The molecule has 0 aliphatic carbocycles. The zero-order valence-corrected chi connectivity index (χ0v) is 8.23. The van der Waals surface area contributed by atoms with Gasteiger partial charge in [-0.2, -0.15) is 0 Å². The van der Waals surface area contributed by atoms with Crippen molar-refractivity contribution in [1.29, 1.82) is 0 Å². The van der Waals surface area contributed by atoms with Gasteiger partial charge in [-0.25, -0.2) is 0 Å². The van der Waals surface area contributed by atoms with E-state index in [0.29, 0.717) is 5.69 Å². The minimum Gasteiger partial charge on any atom is -0.323 e. The second-order valence-electron chi connectivity index (χ2n) is 3.30. The lowest BCUT2D eigenvalue weighted by atomic mass is 10.2. The van der Waals surface area contributed by atoms with E-state index in [4.69, 9.17) is 0 Å². The van der Waals surface area contributed by atoms with Gasteiger partial charge in [0, 0.05) is 18.1 Å². The lowest BCUT2D eigenvalue weighted by Gasteiger charge is -2.03. The molecule has 76 valence electrons. The van der Waals surface area contributed by atoms with Crippen LogP contribution in [0.2, 0.25) is 0 Å². The van der Waals surface area contributed by atoms with Crippen LogP contribution in [-0.2, 0) is 0 Å². The van der Waals surface area contributed by atoms with Gasteiger partial charge >= 0.3 is 11.1 Å². The first-order chi connectivity index (χ1) is 7.18. The fourth-order valence-electron chi connectivity index (χ4n) is 1.34. The smallest absolute Gasteiger partial charge is 0.320 e. The number of aryl methyl sites for hydroxylation is 1. The minimum atomic E-state index is -0.613. The topological polar surface area (TPSA) is 54.9 Å². The number of H-pyrrole nitrogens is 1. The van der Waals surface area contributed by atoms with E-state index in [1.807, 2.05) is 19.1 Å². The average molecular weight is 202 g/mol. The second kappa shape index (κ2) is 3.57. The molecular formula is C11H10N2O2. The van der Waals surface area contributed by atoms with Crippen LogP contribution in [0.4, 0.5) is 0 Å². The van der Waals surface area contributed by atoms with Gasteiger partial charge in [0.1, 0.15) is 0 Å². The summed E-state index contributed by atoms with van der Waals surface area (Å²) >= 11 is 0. The number of aromatic nitrogens is 2. The summed E-state index contributed by atoms with van der Waals surface area (Å²) in [6.07, 6.45) is 2.98. The number of nitrogens with zero attached hydrogens (tertiary/aromatic N) is 1. The fourth-order valence-corrected chi connectivity index (χ4v) is 1.34. The number of aromatic amines is 1. The zero-order chi connectivity index (χ0) is 10.8. The molecule has 2 rings (SSSR count). The first kappa shape index (κ1) is 9.45. The van der Waals surface area contributed by atoms with Crippen LogP contribution in [0.3, 0.4) is 0 Å². The number of nitrogens with one attached hydrogen (secondary N) is 1. The molecule has 0 fully saturated rings. The highest BCUT2D eigenvalue weighted by Crippen LogP contribution is 2.05. The number of hydrogen-bond donors (Lipinski definition) is 1. The molecule has 4 heteroatoms. The van der Waals surface area contributed by atoms with Crippen molar-refractivity contribution in [3.05, 3.63) is 62.9 Å². The quantitative estimate of drug-likeness (QED) is 0.696. The Bertz CT molecular complexity index is 579. The van der Waals surface area contributed by atoms with Crippen molar-refractivity contribution in [3.63, 3.8) is 0 Å². The van der Waals surface area contributed by atoms with Crippen molar-refractivity contribution in [2.75, 3.05) is 0 Å². The molecular weight excluding hydrogens is 192 g/mol. The van der Waals surface area contributed by atoms with Crippen LogP contribution in [0.25, 0.3) is 5.69 Å². The van der Waals surface area contributed by atoms with E-state index < -0.39 is 11.1 Å². The average Bonchev–Trinajstić information content (AvgIpc) is 2.24. The van der Waals surface area contributed by atoms with Crippen LogP contribution in [0.15, 0.2) is 46.2 Å². The summed E-state index contributed by atoms with van der Waals surface area (Å²) in [5.74, 6) is 0. The molecule has 0 saturated carbocycles. The maximum atomic E-state index is 11.5. The minimum absolute atomic E-state index is 0.568. The van der Waals surface area contributed by atoms with E-state index in [9.17, 15) is 9.59 Å². The monoisotopic (exact) mass is 202 g/mol. The maximum Gasteiger partial charge on any atom is 0.320 e. The Morgan fingerprint density at radius 2 is 1.80 bits per heavy atom. The van der Waals surface area contributed by atoms with E-state index >= 15 is 0 Å². The molecule has 1 aromatic carbocycles. The van der Waals surface area contributed by atoms with Crippen LogP contribution in [0, 0.1) is 6.92 Å². The van der Waals surface area contributed by atoms with Crippen molar-refractivity contribution < 1.29 is 0 Å². The highest BCUT2D eigenvalue weighted by atomic mass is 16.2. The van der Waals surface area contributed by atoms with E-state index in [0.717, 1.165) is 5.56 Å². The molecule has 0 amide bonds. The lowest BCUT2D eigenvalue weighted by Crippen LogP contribution is -2.34. The Hall–Kier alpha value is -2.10. The van der Waals surface area contributed by atoms with E-state index in [1.54, 1.807) is 12.1 Å². The van der Waals surface area contributed by atoms with E-state index in [2.05, 4.69) is 4.98 Å². The predicted octanol–water partition coefficient (Wildman–Crippen LogP) is 0.834. The summed E-state index contributed by atoms with van der Waals surface area (Å²) < 4.78 is 1.32. The third kappa shape index (κ3) is 1.74. The molecule has 0 bridgehead atoms. The molecule has 0 spiro atoms. The molecule has 2 aromatic rings. The highest BCUT2D eigenvalue weighted by Gasteiger charge is 2.00. The van der Waals surface area contributed by atoms with Gasteiger partial charge in [-0.3, -0.25) is 14.2 Å². The van der Waals surface area contributed by atoms with Crippen molar-refractivity contribution in [1.82, 2.24) is 9.55 Å². The number of rotatable bonds is 1. The molecule has 1 heterocycles. The predicted molar refractivity (Wildman–Crippen MR) is 57.4 cm³/mol. The Kier molecular flexibility index (Phi) is 2.25. The van der Waals surface area contributed by atoms with Crippen molar-refractivity contribution in [3.8, 4) is 5.69 Å². The van der Waals surface area contributed by atoms with Gasteiger partial charge in [0.2, 0.25) is 0 Å². The van der Waals surface area contributed by atoms with Gasteiger partial charge in [0.25, 0.3) is 0 Å². The summed E-state index contributed by atoms with van der Waals surface area (Å²) in [6, 6.07) is 7.39. The highest BCUT2D eigenvalue weighted by molar-refractivity contribution is 5.34. The second-order valence-corrected chi connectivity index (χ2v) is 3.30. The van der Waals surface area contributed by atoms with Gasteiger partial charge in [-0.05, 0) is 19.1 Å². The molecule has 1 N–H and O–H groups in total. The van der Waals surface area contributed by atoms with Crippen LogP contribution < -0.4 is 11.1 Å². The van der Waals surface area contributed by atoms with Gasteiger partial charge in [0.05, 0.1) is 0 Å². The Morgan fingerprint density at radius 1 is 1.13 bits per heavy atom. The standard InChI is InChI=1S/C11H10N2O2/c1-8-2-4-9(5-3-8)13-7-6-12-10(14)11(13)15/h2-7H,1H3,(H,12,14). The third-order valence-electron chi connectivity index (χ3n) is 2.16. The van der Waals surface area contributed by atoms with Gasteiger partial charge in [-0.1, -0.05) is 17.7 Å². The Morgan fingerprint density at radius 3 is 2.47 bits per heavy atom. The Labute approximate surface area is 85.8 Å². The summed E-state index contributed by atoms with van der Waals surface area (Å²) in [7, 11) is 0. The maximum absolute atomic E-state index is 11.5. The molecule has 0 unspecified atom stereocenters. The number of benzene rings is 1. The summed E-state index contributed by atoms with van der Waals surface area (Å²) in [6.45, 7) is 1.96. The molecule has 0 radical (unpaired) electrons. The number of hydrogen-bond acceptors (Lipinski definition) is 2. The van der Waals surface area contributed by atoms with Gasteiger partial charge in [0.15, 0.2) is 0 Å². The normalized spacial score (nSPS) is 10.2. The van der Waals surface area contributed by atoms with Crippen LogP contribution in [-0.4, -0.2) is 9.55 Å². The Balaban J connectivity index is 2.65. The zero-order valence-electron chi connectivity index (χ0n) is 8.23. The molecule has 1 aromatic heterocycles. The van der Waals surface area contributed by atoms with Crippen molar-refractivity contribution >= 4 is 0 Å². The first-order valence-electron chi connectivity index (χ1n) is 4.56. The van der Waals surface area contributed by atoms with Gasteiger partial charge in [-0.15, -0.1) is 0 Å². The van der Waals surface area contributed by atoms with Gasteiger partial charge < -0.3 is 4.98 Å². The van der Waals surface area contributed by atoms with Crippen molar-refractivity contribution in [2.45, 2.75) is 6.92 Å². The molecule has 0 aliphatic heterocycles. The van der Waals surface area contributed by atoms with Crippen molar-refractivity contribution in [2.24, 2.45) is 0 Å². The molecule has 15 heavy (non-hydrogen) atoms. The molecule has 0 atom stereocenters. The third-order valence-corrected chi connectivity index (χ3v) is 2.16. The molecule has 4 nitrogen and oxygen atoms in total. The fraction of sp³-hybridized carbons (Fsp3) is 0.0909. The lowest BCUT2D eigenvalue weighted by molar-refractivity contribution is 0.927. The van der Waals surface area contributed by atoms with Crippen LogP contribution in [0.5, 0.6) is 0 Å². The summed E-state index contributed by atoms with van der Waals surface area (Å²) in [5, 5.41) is 0. The van der Waals surface area contributed by atoms with E-state index in [-0.39, 0.29) is 0 Å². The SMILES string of the molecule is Cc1ccc(-n2cc[nH]c(=O)c2=O)cc1.